The molecule has 0 unspecified atom stereocenters. The lowest BCUT2D eigenvalue weighted by atomic mass is 10.5. The van der Waals surface area contributed by atoms with Crippen LogP contribution in [0, 0.1) is 0 Å². The van der Waals surface area contributed by atoms with Crippen LogP contribution in [-0.2, 0) is 0 Å². The summed E-state index contributed by atoms with van der Waals surface area (Å²) in [6.45, 7) is 4.67. The Labute approximate surface area is 52.0 Å². The van der Waals surface area contributed by atoms with Crippen LogP contribution in [0.4, 0.5) is 0 Å². The molecule has 0 aromatic heterocycles. The Balaban J connectivity index is 0. The van der Waals surface area contributed by atoms with Crippen LogP contribution in [0.25, 0.3) is 0 Å². The molecule has 0 aliphatic rings. The molecule has 0 heterocycles. The van der Waals surface area contributed by atoms with Crippen molar-refractivity contribution in [2.45, 2.75) is 0 Å². The molecule has 0 saturated heterocycles. The third-order valence-electron chi connectivity index (χ3n) is 0.677. The number of hydrogen-bond donors (Lipinski definition) is 1. The molecule has 0 saturated carbocycles. The molecular formula is C6H17N2+. The van der Waals surface area contributed by atoms with E-state index in [0.717, 1.165) is 11.0 Å². The minimum atomic E-state index is 0. The van der Waals surface area contributed by atoms with Gasteiger partial charge in [0.05, 0.1) is 27.7 Å². The molecular weight excluding hydrogens is 100 g/mol. The third-order valence-corrected chi connectivity index (χ3v) is 0.677. The molecule has 0 rings (SSSR count). The van der Waals surface area contributed by atoms with Crippen LogP contribution in [-0.4, -0.2) is 32.2 Å². The number of rotatable bonds is 2. The maximum atomic E-state index is 3.63. The molecule has 0 aromatic rings. The molecule has 2 nitrogen and oxygen atoms in total. The summed E-state index contributed by atoms with van der Waals surface area (Å²) in [5.41, 5.74) is 0. The van der Waals surface area contributed by atoms with Gasteiger partial charge in [0.15, 0.2) is 0 Å². The molecule has 0 aliphatic carbocycles. The molecule has 0 spiro atoms. The Bertz CT molecular complexity index is 61.4. The van der Waals surface area contributed by atoms with Crippen LogP contribution in [0.5, 0.6) is 0 Å². The van der Waals surface area contributed by atoms with E-state index < -0.39 is 0 Å². The van der Waals surface area contributed by atoms with Crippen LogP contribution < -0.4 is 6.15 Å². The second kappa shape index (κ2) is 3.64. The fourth-order valence-electron chi connectivity index (χ4n) is 0.387. The van der Waals surface area contributed by atoms with Crippen molar-refractivity contribution < 1.29 is 4.48 Å². The first-order valence-electron chi connectivity index (χ1n) is 2.47. The lowest BCUT2D eigenvalue weighted by Gasteiger charge is -2.21. The van der Waals surface area contributed by atoms with E-state index in [1.807, 2.05) is 6.08 Å². The summed E-state index contributed by atoms with van der Waals surface area (Å²) in [5.74, 6) is 0. The molecule has 0 aliphatic heterocycles. The van der Waals surface area contributed by atoms with Crippen molar-refractivity contribution in [1.29, 1.82) is 0 Å². The maximum absolute atomic E-state index is 3.63. The van der Waals surface area contributed by atoms with Gasteiger partial charge in [-0.25, -0.2) is 0 Å². The highest BCUT2D eigenvalue weighted by molar-refractivity contribution is 4.63. The largest absolute Gasteiger partial charge is 0.344 e. The quantitative estimate of drug-likeness (QED) is 0.425. The van der Waals surface area contributed by atoms with Crippen molar-refractivity contribution in [3.05, 3.63) is 12.7 Å². The van der Waals surface area contributed by atoms with E-state index in [4.69, 9.17) is 0 Å². The summed E-state index contributed by atoms with van der Waals surface area (Å²) in [6.07, 6.45) is 1.93. The molecule has 2 heteroatoms. The van der Waals surface area contributed by atoms with Crippen LogP contribution in [0.2, 0.25) is 0 Å². The van der Waals surface area contributed by atoms with Crippen molar-refractivity contribution in [2.75, 3.05) is 27.7 Å². The first kappa shape index (κ1) is 10.6. The van der Waals surface area contributed by atoms with Crippen molar-refractivity contribution >= 4 is 0 Å². The van der Waals surface area contributed by atoms with Crippen LogP contribution in [0.15, 0.2) is 12.7 Å². The monoisotopic (exact) mass is 117 g/mol. The molecule has 8 heavy (non-hydrogen) atoms. The van der Waals surface area contributed by atoms with Crippen molar-refractivity contribution in [3.63, 3.8) is 0 Å². The third kappa shape index (κ3) is 9.18. The standard InChI is InChI=1S/C6H14N.H3N/c1-5-6-7(2,3)4;/h5H,1,6H2,2-4H3;1H3/q+1;. The number of quaternary nitrogens is 1. The second-order valence-electron chi connectivity index (χ2n) is 2.76. The molecule has 0 fully saturated rings. The van der Waals surface area contributed by atoms with Gasteiger partial charge >= 0.3 is 0 Å². The normalized spacial score (nSPS) is 9.88. The average Bonchev–Trinajstić information content (AvgIpc) is 1.30. The number of nitrogens with zero attached hydrogens (tertiary/aromatic N) is 1. The van der Waals surface area contributed by atoms with Gasteiger partial charge in [-0.3, -0.25) is 0 Å². The zero-order valence-electron chi connectivity index (χ0n) is 6.15. The summed E-state index contributed by atoms with van der Waals surface area (Å²) < 4.78 is 0.976. The highest BCUT2D eigenvalue weighted by Gasteiger charge is 1.99. The number of likely N-dealkylation sites (N-methyl/N-ethyl adjacent to an activating group) is 1. The lowest BCUT2D eigenvalue weighted by Crippen LogP contribution is -2.33. The summed E-state index contributed by atoms with van der Waals surface area (Å²) >= 11 is 0. The summed E-state index contributed by atoms with van der Waals surface area (Å²) in [5, 5.41) is 0. The Hall–Kier alpha value is -0.340. The molecule has 50 valence electrons. The van der Waals surface area contributed by atoms with Gasteiger partial charge in [0.25, 0.3) is 0 Å². The fraction of sp³-hybridized carbons (Fsp3) is 0.667. The van der Waals surface area contributed by atoms with Gasteiger partial charge in [0, 0.05) is 0 Å². The summed E-state index contributed by atoms with van der Waals surface area (Å²) in [4.78, 5) is 0. The van der Waals surface area contributed by atoms with Crippen LogP contribution in [0.3, 0.4) is 0 Å². The molecule has 0 amide bonds. The van der Waals surface area contributed by atoms with Gasteiger partial charge in [-0.2, -0.15) is 0 Å². The Morgan fingerprint density at radius 1 is 1.38 bits per heavy atom. The fourth-order valence-corrected chi connectivity index (χ4v) is 0.387. The number of hydrogen-bond acceptors (Lipinski definition) is 1. The minimum Gasteiger partial charge on any atom is -0.344 e. The van der Waals surface area contributed by atoms with Crippen molar-refractivity contribution in [3.8, 4) is 0 Å². The van der Waals surface area contributed by atoms with E-state index in [1.165, 1.54) is 0 Å². The van der Waals surface area contributed by atoms with E-state index >= 15 is 0 Å². The minimum absolute atomic E-state index is 0. The Kier molecular flexibility index (Phi) is 4.82. The highest BCUT2D eigenvalue weighted by Crippen LogP contribution is 1.86. The van der Waals surface area contributed by atoms with Gasteiger partial charge in [0.1, 0.15) is 0 Å². The van der Waals surface area contributed by atoms with E-state index in [-0.39, 0.29) is 6.15 Å². The van der Waals surface area contributed by atoms with Gasteiger partial charge in [-0.1, -0.05) is 6.58 Å². The Morgan fingerprint density at radius 2 is 1.75 bits per heavy atom. The smallest absolute Gasteiger partial charge is 0.0964 e. The predicted octanol–water partition coefficient (Wildman–Crippen LogP) is 1.04. The summed E-state index contributed by atoms with van der Waals surface area (Å²) in [6, 6.07) is 0. The van der Waals surface area contributed by atoms with E-state index in [1.54, 1.807) is 0 Å². The van der Waals surface area contributed by atoms with Gasteiger partial charge < -0.3 is 10.6 Å². The lowest BCUT2D eigenvalue weighted by molar-refractivity contribution is -0.864. The zero-order chi connectivity index (χ0) is 5.91. The average molecular weight is 117 g/mol. The maximum Gasteiger partial charge on any atom is 0.0964 e. The van der Waals surface area contributed by atoms with Crippen LogP contribution in [0.1, 0.15) is 0 Å². The van der Waals surface area contributed by atoms with E-state index in [2.05, 4.69) is 27.7 Å². The van der Waals surface area contributed by atoms with Gasteiger partial charge in [0.2, 0.25) is 0 Å². The second-order valence-corrected chi connectivity index (χ2v) is 2.76. The molecule has 0 atom stereocenters. The van der Waals surface area contributed by atoms with E-state index in [9.17, 15) is 0 Å². The van der Waals surface area contributed by atoms with Gasteiger partial charge in [-0.05, 0) is 6.08 Å². The first-order chi connectivity index (χ1) is 3.06. The Morgan fingerprint density at radius 3 is 1.75 bits per heavy atom. The van der Waals surface area contributed by atoms with Crippen molar-refractivity contribution in [2.24, 2.45) is 0 Å². The molecule has 0 bridgehead atoms. The topological polar surface area (TPSA) is 35.0 Å². The first-order valence-corrected chi connectivity index (χ1v) is 2.47. The van der Waals surface area contributed by atoms with Crippen molar-refractivity contribution in [1.82, 2.24) is 6.15 Å². The van der Waals surface area contributed by atoms with E-state index in [0.29, 0.717) is 0 Å². The molecule has 0 radical (unpaired) electrons. The highest BCUT2D eigenvalue weighted by atomic mass is 15.3. The SMILES string of the molecule is C=CC[N+](C)(C)C.N. The molecule has 0 aromatic carbocycles. The van der Waals surface area contributed by atoms with Crippen LogP contribution >= 0.6 is 0 Å². The molecule has 3 N–H and O–H groups in total. The predicted molar refractivity (Wildman–Crippen MR) is 38.1 cm³/mol. The zero-order valence-corrected chi connectivity index (χ0v) is 6.15. The summed E-state index contributed by atoms with van der Waals surface area (Å²) in [7, 11) is 6.42. The van der Waals surface area contributed by atoms with Gasteiger partial charge in [-0.15, -0.1) is 0 Å².